The third-order valence-corrected chi connectivity index (χ3v) is 5.33. The smallest absolute Gasteiger partial charge is 0.232 e. The highest BCUT2D eigenvalue weighted by Gasteiger charge is 2.21. The van der Waals surface area contributed by atoms with E-state index in [0.717, 1.165) is 54.2 Å². The Hall–Kier alpha value is -3.06. The number of hydrogen-bond acceptors (Lipinski definition) is 5. The molecule has 5 rings (SSSR count). The van der Waals surface area contributed by atoms with Crippen LogP contribution >= 0.6 is 0 Å². The fourth-order valence-electron chi connectivity index (χ4n) is 3.80. The van der Waals surface area contributed by atoms with Gasteiger partial charge in [0.15, 0.2) is 11.3 Å². The molecule has 0 radical (unpaired) electrons. The van der Waals surface area contributed by atoms with Gasteiger partial charge in [0, 0.05) is 19.4 Å². The number of methoxy groups -OCH3 is 1. The van der Waals surface area contributed by atoms with Crippen LogP contribution in [0.2, 0.25) is 0 Å². The van der Waals surface area contributed by atoms with Crippen LogP contribution in [0.25, 0.3) is 16.8 Å². The van der Waals surface area contributed by atoms with Crippen LogP contribution in [0.15, 0.2) is 42.9 Å². The van der Waals surface area contributed by atoms with Crippen molar-refractivity contribution >= 4 is 16.8 Å². The average molecular weight is 378 g/mol. The van der Waals surface area contributed by atoms with E-state index in [1.165, 1.54) is 5.56 Å². The van der Waals surface area contributed by atoms with Crippen molar-refractivity contribution in [1.82, 2.24) is 19.4 Å². The zero-order valence-corrected chi connectivity index (χ0v) is 15.7. The van der Waals surface area contributed by atoms with Gasteiger partial charge in [-0.25, -0.2) is 4.98 Å². The maximum atomic E-state index is 5.93. The molecule has 7 heteroatoms. The molecule has 1 aromatic carbocycles. The summed E-state index contributed by atoms with van der Waals surface area (Å²) < 4.78 is 18.7. The highest BCUT2D eigenvalue weighted by Crippen LogP contribution is 2.32. The summed E-state index contributed by atoms with van der Waals surface area (Å²) in [5.41, 5.74) is 5.07. The van der Waals surface area contributed by atoms with Crippen molar-refractivity contribution in [3.8, 4) is 11.6 Å². The van der Waals surface area contributed by atoms with Gasteiger partial charge in [0.1, 0.15) is 12.4 Å². The quantitative estimate of drug-likeness (QED) is 0.573. The second kappa shape index (κ2) is 7.16. The summed E-state index contributed by atoms with van der Waals surface area (Å²) in [5.74, 6) is 1.89. The number of nitrogens with zero attached hydrogens (tertiary/aromatic N) is 3. The number of fused-ring (bicyclic) bond motifs is 3. The lowest BCUT2D eigenvalue weighted by molar-refractivity contribution is 0.0855. The number of benzene rings is 1. The Labute approximate surface area is 162 Å². The SMILES string of the molecule is COc1ccc(COc2cn3c(cnc4[nH]cc(C5CCOCC5)c43)n2)cc1. The van der Waals surface area contributed by atoms with Crippen molar-refractivity contribution in [2.75, 3.05) is 20.3 Å². The Morgan fingerprint density at radius 2 is 2.04 bits per heavy atom. The summed E-state index contributed by atoms with van der Waals surface area (Å²) >= 11 is 0. The number of hydrogen-bond donors (Lipinski definition) is 1. The van der Waals surface area contributed by atoms with Gasteiger partial charge in [-0.3, -0.25) is 4.40 Å². The van der Waals surface area contributed by atoms with Crippen molar-refractivity contribution in [2.45, 2.75) is 25.4 Å². The van der Waals surface area contributed by atoms with Crippen LogP contribution in [0.3, 0.4) is 0 Å². The molecular formula is C21H22N4O3. The Morgan fingerprint density at radius 3 is 2.82 bits per heavy atom. The van der Waals surface area contributed by atoms with Gasteiger partial charge in [-0.15, -0.1) is 0 Å². The molecular weight excluding hydrogens is 356 g/mol. The molecule has 1 aliphatic heterocycles. The number of rotatable bonds is 5. The molecule has 1 saturated heterocycles. The van der Waals surface area contributed by atoms with Gasteiger partial charge < -0.3 is 19.2 Å². The first kappa shape index (κ1) is 17.1. The summed E-state index contributed by atoms with van der Waals surface area (Å²) in [6, 6.07) is 7.83. The van der Waals surface area contributed by atoms with Crippen LogP contribution in [0, 0.1) is 0 Å². The molecule has 4 aromatic rings. The molecule has 1 fully saturated rings. The van der Waals surface area contributed by atoms with Crippen LogP contribution in [0.4, 0.5) is 0 Å². The third-order valence-electron chi connectivity index (χ3n) is 5.33. The molecule has 7 nitrogen and oxygen atoms in total. The summed E-state index contributed by atoms with van der Waals surface area (Å²) in [5, 5.41) is 0. The molecule has 0 atom stereocenters. The number of H-pyrrole nitrogens is 1. The van der Waals surface area contributed by atoms with Crippen molar-refractivity contribution in [1.29, 1.82) is 0 Å². The number of nitrogens with one attached hydrogen (secondary N) is 1. The molecule has 0 spiro atoms. The van der Waals surface area contributed by atoms with E-state index in [-0.39, 0.29) is 0 Å². The molecule has 28 heavy (non-hydrogen) atoms. The van der Waals surface area contributed by atoms with Crippen molar-refractivity contribution in [3.05, 3.63) is 54.0 Å². The van der Waals surface area contributed by atoms with Gasteiger partial charge in [0.25, 0.3) is 0 Å². The molecule has 1 aliphatic rings. The second-order valence-corrected chi connectivity index (χ2v) is 7.03. The number of aromatic amines is 1. The topological polar surface area (TPSA) is 73.7 Å². The van der Waals surface area contributed by atoms with Gasteiger partial charge in [0.2, 0.25) is 5.88 Å². The standard InChI is InChI=1S/C21H22N4O3/c1-26-16-4-2-14(3-5-16)13-28-19-12-25-18(24-19)11-23-21-20(25)17(10-22-21)15-6-8-27-9-7-15/h2-5,10-12,15,22H,6-9,13H2,1H3. The van der Waals surface area contributed by atoms with E-state index in [1.807, 2.05) is 30.5 Å². The van der Waals surface area contributed by atoms with Crippen LogP contribution in [0.1, 0.15) is 29.9 Å². The molecule has 0 amide bonds. The normalized spacial score (nSPS) is 15.3. The molecule has 0 bridgehead atoms. The fraction of sp³-hybridized carbons (Fsp3) is 0.333. The zero-order valence-electron chi connectivity index (χ0n) is 15.7. The number of imidazole rings is 1. The van der Waals surface area contributed by atoms with Gasteiger partial charge >= 0.3 is 0 Å². The van der Waals surface area contributed by atoms with E-state index < -0.39 is 0 Å². The van der Waals surface area contributed by atoms with Crippen LogP contribution in [0.5, 0.6) is 11.6 Å². The summed E-state index contributed by atoms with van der Waals surface area (Å²) in [6.07, 6.45) is 7.84. The van der Waals surface area contributed by atoms with Gasteiger partial charge in [-0.05, 0) is 42.0 Å². The van der Waals surface area contributed by atoms with E-state index in [9.17, 15) is 0 Å². The zero-order chi connectivity index (χ0) is 18.9. The minimum atomic E-state index is 0.449. The average Bonchev–Trinajstić information content (AvgIpc) is 3.37. The summed E-state index contributed by atoms with van der Waals surface area (Å²) in [4.78, 5) is 12.4. The Balaban J connectivity index is 1.44. The van der Waals surface area contributed by atoms with Crippen LogP contribution in [-0.4, -0.2) is 39.7 Å². The van der Waals surface area contributed by atoms with E-state index in [0.29, 0.717) is 18.4 Å². The monoisotopic (exact) mass is 378 g/mol. The van der Waals surface area contributed by atoms with Gasteiger partial charge in [0.05, 0.1) is 25.0 Å². The first-order valence-electron chi connectivity index (χ1n) is 9.50. The molecule has 4 heterocycles. The fourth-order valence-corrected chi connectivity index (χ4v) is 3.80. The van der Waals surface area contributed by atoms with Crippen molar-refractivity contribution < 1.29 is 14.2 Å². The van der Waals surface area contributed by atoms with Gasteiger partial charge in [-0.1, -0.05) is 12.1 Å². The first-order valence-corrected chi connectivity index (χ1v) is 9.50. The van der Waals surface area contributed by atoms with Gasteiger partial charge in [-0.2, -0.15) is 4.98 Å². The molecule has 1 N–H and O–H groups in total. The minimum Gasteiger partial charge on any atom is -0.497 e. The highest BCUT2D eigenvalue weighted by atomic mass is 16.5. The van der Waals surface area contributed by atoms with E-state index in [1.54, 1.807) is 13.3 Å². The van der Waals surface area contributed by atoms with E-state index >= 15 is 0 Å². The summed E-state index contributed by atoms with van der Waals surface area (Å²) in [6.45, 7) is 2.06. The lowest BCUT2D eigenvalue weighted by Gasteiger charge is -2.21. The molecule has 3 aromatic heterocycles. The number of aromatic nitrogens is 4. The van der Waals surface area contributed by atoms with Crippen LogP contribution in [-0.2, 0) is 11.3 Å². The number of ether oxygens (including phenoxy) is 3. The van der Waals surface area contributed by atoms with Crippen molar-refractivity contribution in [2.24, 2.45) is 0 Å². The second-order valence-electron chi connectivity index (χ2n) is 7.03. The summed E-state index contributed by atoms with van der Waals surface area (Å²) in [7, 11) is 1.66. The molecule has 144 valence electrons. The van der Waals surface area contributed by atoms with Crippen LogP contribution < -0.4 is 9.47 Å². The third kappa shape index (κ3) is 3.07. The maximum absolute atomic E-state index is 5.93. The van der Waals surface area contributed by atoms with E-state index in [2.05, 4.69) is 25.5 Å². The molecule has 0 unspecified atom stereocenters. The highest BCUT2D eigenvalue weighted by molar-refractivity contribution is 5.79. The lowest BCUT2D eigenvalue weighted by atomic mass is 9.93. The molecule has 0 aliphatic carbocycles. The first-order chi connectivity index (χ1) is 13.8. The lowest BCUT2D eigenvalue weighted by Crippen LogP contribution is -2.14. The molecule has 0 saturated carbocycles. The minimum absolute atomic E-state index is 0.449. The van der Waals surface area contributed by atoms with Crippen molar-refractivity contribution in [3.63, 3.8) is 0 Å². The largest absolute Gasteiger partial charge is 0.497 e. The Kier molecular flexibility index (Phi) is 4.37. The maximum Gasteiger partial charge on any atom is 0.232 e. The predicted octanol–water partition coefficient (Wildman–Crippen LogP) is 3.69. The Bertz CT molecular complexity index is 1090. The Morgan fingerprint density at radius 1 is 1.21 bits per heavy atom. The predicted molar refractivity (Wildman–Crippen MR) is 105 cm³/mol. The van der Waals surface area contributed by atoms with E-state index in [4.69, 9.17) is 14.2 Å².